The number of aromatic nitrogens is 2. The molecular weight excluding hydrogens is 624 g/mol. The Morgan fingerprint density at radius 3 is 2.27 bits per heavy atom. The molecule has 3 aromatic carbocycles. The molecule has 3 atom stereocenters. The summed E-state index contributed by atoms with van der Waals surface area (Å²) in [5, 5.41) is 2.90. The Bertz CT molecular complexity index is 1720. The lowest BCUT2D eigenvalue weighted by molar-refractivity contribution is 0.0378. The van der Waals surface area contributed by atoms with Gasteiger partial charge in [-0.05, 0) is 69.7 Å². The van der Waals surface area contributed by atoms with E-state index < -0.39 is 29.4 Å². The number of rotatable bonds is 8. The Morgan fingerprint density at radius 1 is 0.898 bits per heavy atom. The van der Waals surface area contributed by atoms with Gasteiger partial charge in [0.25, 0.3) is 5.91 Å². The monoisotopic (exact) mass is 669 g/mol. The van der Waals surface area contributed by atoms with E-state index in [1.807, 2.05) is 78.8 Å². The first-order valence-electron chi connectivity index (χ1n) is 17.2. The van der Waals surface area contributed by atoms with Crippen molar-refractivity contribution in [3.05, 3.63) is 114 Å². The topological polar surface area (TPSA) is 79.7 Å². The second-order valence-corrected chi connectivity index (χ2v) is 14.2. The first-order chi connectivity index (χ1) is 23.5. The molecular formula is C39H45F2N5O3. The Hall–Kier alpha value is -4.57. The average Bonchev–Trinajstić information content (AvgIpc) is 3.49. The fourth-order valence-corrected chi connectivity index (χ4v) is 7.14. The maximum Gasteiger partial charge on any atom is 0.407 e. The van der Waals surface area contributed by atoms with Crippen LogP contribution in [0, 0.1) is 11.6 Å². The van der Waals surface area contributed by atoms with Crippen LogP contribution in [0.4, 0.5) is 13.6 Å². The predicted octanol–water partition coefficient (Wildman–Crippen LogP) is 7.41. The molecule has 2 unspecified atom stereocenters. The summed E-state index contributed by atoms with van der Waals surface area (Å²) in [6, 6.07) is 22.8. The van der Waals surface area contributed by atoms with Crippen LogP contribution in [-0.2, 0) is 17.7 Å². The van der Waals surface area contributed by atoms with Crippen LogP contribution in [0.25, 0.3) is 11.3 Å². The lowest BCUT2D eigenvalue weighted by atomic mass is 9.91. The van der Waals surface area contributed by atoms with Gasteiger partial charge in [-0.3, -0.25) is 9.69 Å². The van der Waals surface area contributed by atoms with E-state index in [9.17, 15) is 18.4 Å². The number of ether oxygens (including phenoxy) is 1. The van der Waals surface area contributed by atoms with Gasteiger partial charge in [0.2, 0.25) is 0 Å². The highest BCUT2D eigenvalue weighted by molar-refractivity contribution is 5.98. The van der Waals surface area contributed by atoms with Crippen LogP contribution in [0.15, 0.2) is 85.2 Å². The second-order valence-electron chi connectivity index (χ2n) is 14.2. The number of nitrogens with zero attached hydrogens (tertiary/aromatic N) is 4. The van der Waals surface area contributed by atoms with E-state index in [1.165, 1.54) is 12.1 Å². The minimum Gasteiger partial charge on any atom is -0.444 e. The normalized spacial score (nSPS) is 20.2. The Kier molecular flexibility index (Phi) is 10.4. The maximum atomic E-state index is 14.7. The van der Waals surface area contributed by atoms with Gasteiger partial charge >= 0.3 is 6.09 Å². The number of benzene rings is 3. The van der Waals surface area contributed by atoms with Gasteiger partial charge in [0.15, 0.2) is 5.69 Å². The van der Waals surface area contributed by atoms with E-state index in [1.54, 1.807) is 6.33 Å². The number of carbonyl (C=O) groups is 2. The molecule has 6 rings (SSSR count). The second kappa shape index (κ2) is 14.9. The highest BCUT2D eigenvalue weighted by atomic mass is 19.1. The molecule has 0 radical (unpaired) electrons. The number of alkyl carbamates (subject to hydrolysis) is 1. The van der Waals surface area contributed by atoms with Crippen molar-refractivity contribution in [1.82, 2.24) is 24.7 Å². The molecule has 10 heteroatoms. The van der Waals surface area contributed by atoms with E-state index in [4.69, 9.17) is 9.72 Å². The van der Waals surface area contributed by atoms with Crippen LogP contribution in [0.2, 0.25) is 0 Å². The Labute approximate surface area is 287 Å². The van der Waals surface area contributed by atoms with E-state index in [2.05, 4.69) is 22.3 Å². The largest absolute Gasteiger partial charge is 0.444 e. The first-order valence-corrected chi connectivity index (χ1v) is 17.2. The molecule has 1 aliphatic carbocycles. The van der Waals surface area contributed by atoms with Crippen LogP contribution >= 0.6 is 0 Å². The van der Waals surface area contributed by atoms with Crippen molar-refractivity contribution in [2.45, 2.75) is 83.1 Å². The molecule has 0 bridgehead atoms. The third-order valence-electron chi connectivity index (χ3n) is 9.27. The summed E-state index contributed by atoms with van der Waals surface area (Å²) in [6.07, 6.45) is 4.48. The van der Waals surface area contributed by atoms with Crippen molar-refractivity contribution in [3.63, 3.8) is 0 Å². The van der Waals surface area contributed by atoms with Crippen molar-refractivity contribution in [2.75, 3.05) is 19.6 Å². The number of imidazole rings is 1. The molecule has 49 heavy (non-hydrogen) atoms. The molecule has 4 aromatic rings. The lowest BCUT2D eigenvalue weighted by Gasteiger charge is -2.41. The summed E-state index contributed by atoms with van der Waals surface area (Å²) in [4.78, 5) is 36.4. The van der Waals surface area contributed by atoms with Gasteiger partial charge in [0.05, 0.1) is 18.1 Å². The molecule has 8 nitrogen and oxygen atoms in total. The van der Waals surface area contributed by atoms with Crippen LogP contribution in [0.3, 0.4) is 0 Å². The number of piperazine rings is 1. The highest BCUT2D eigenvalue weighted by Crippen LogP contribution is 2.37. The maximum absolute atomic E-state index is 14.7. The van der Waals surface area contributed by atoms with Crippen molar-refractivity contribution < 1.29 is 23.1 Å². The Morgan fingerprint density at radius 2 is 1.57 bits per heavy atom. The average molecular weight is 670 g/mol. The molecule has 1 saturated carbocycles. The molecule has 2 heterocycles. The number of halogens is 2. The zero-order valence-electron chi connectivity index (χ0n) is 28.4. The van der Waals surface area contributed by atoms with Gasteiger partial charge in [-0.15, -0.1) is 0 Å². The van der Waals surface area contributed by atoms with Crippen molar-refractivity contribution in [1.29, 1.82) is 0 Å². The predicted molar refractivity (Wildman–Crippen MR) is 185 cm³/mol. The highest BCUT2D eigenvalue weighted by Gasteiger charge is 2.37. The standard InChI is InChI=1S/C39H45F2N5O3/c1-39(2,3)43-38(48)49-34-17-11-10-16-33(34)46-26-42-35(36(46)29-14-8-5-9-15-29)37(47)45-19-18-44(24-27-12-6-4-7-13-27)25-32(45)22-28-20-30(40)23-31(41)21-28/h4-9,12-15,20-21,23,26,32-34H,10-11,16-19,22,24-25H2,1-3H3,(H,43,48)/t32-,33?,34?/m0/s1. The van der Waals surface area contributed by atoms with Crippen LogP contribution in [0.1, 0.15) is 74.1 Å². The minimum atomic E-state index is -0.643. The molecule has 0 spiro atoms. The van der Waals surface area contributed by atoms with Gasteiger partial charge < -0.3 is 19.5 Å². The van der Waals surface area contributed by atoms with E-state index in [0.717, 1.165) is 36.5 Å². The molecule has 2 aliphatic rings. The molecule has 1 N–H and O–H groups in total. The van der Waals surface area contributed by atoms with Crippen molar-refractivity contribution in [3.8, 4) is 11.3 Å². The fourth-order valence-electron chi connectivity index (χ4n) is 7.14. The number of nitrogens with one attached hydrogen (secondary N) is 1. The smallest absolute Gasteiger partial charge is 0.407 e. The fraction of sp³-hybridized carbons (Fsp3) is 0.410. The summed E-state index contributed by atoms with van der Waals surface area (Å²) in [5.74, 6) is -1.52. The summed E-state index contributed by atoms with van der Waals surface area (Å²) in [7, 11) is 0. The van der Waals surface area contributed by atoms with E-state index in [-0.39, 0.29) is 24.4 Å². The Balaban J connectivity index is 1.33. The van der Waals surface area contributed by atoms with Crippen molar-refractivity contribution >= 4 is 12.0 Å². The molecule has 2 amide bonds. The number of amides is 2. The minimum absolute atomic E-state index is 0.211. The van der Waals surface area contributed by atoms with Crippen LogP contribution in [0.5, 0.6) is 0 Å². The summed E-state index contributed by atoms with van der Waals surface area (Å²) in [6.45, 7) is 8.03. The zero-order valence-corrected chi connectivity index (χ0v) is 28.4. The molecule has 1 saturated heterocycles. The molecule has 1 aromatic heterocycles. The molecule has 2 fully saturated rings. The third kappa shape index (κ3) is 8.54. The van der Waals surface area contributed by atoms with Gasteiger partial charge in [-0.25, -0.2) is 18.6 Å². The molecule has 258 valence electrons. The lowest BCUT2D eigenvalue weighted by Crippen LogP contribution is -2.55. The van der Waals surface area contributed by atoms with Gasteiger partial charge in [-0.1, -0.05) is 67.1 Å². The van der Waals surface area contributed by atoms with E-state index in [0.29, 0.717) is 49.6 Å². The van der Waals surface area contributed by atoms with Crippen LogP contribution < -0.4 is 5.32 Å². The molecule has 1 aliphatic heterocycles. The zero-order chi connectivity index (χ0) is 34.5. The number of hydrogen-bond acceptors (Lipinski definition) is 5. The van der Waals surface area contributed by atoms with E-state index >= 15 is 0 Å². The summed E-state index contributed by atoms with van der Waals surface area (Å²) < 4.78 is 36.6. The summed E-state index contributed by atoms with van der Waals surface area (Å²) >= 11 is 0. The number of hydrogen-bond donors (Lipinski definition) is 1. The van der Waals surface area contributed by atoms with Crippen molar-refractivity contribution in [2.24, 2.45) is 0 Å². The quantitative estimate of drug-likeness (QED) is 0.212. The van der Waals surface area contributed by atoms with Crippen LogP contribution in [-0.4, -0.2) is 68.7 Å². The first kappa shape index (κ1) is 34.3. The third-order valence-corrected chi connectivity index (χ3v) is 9.27. The summed E-state index contributed by atoms with van der Waals surface area (Å²) in [5.41, 5.74) is 3.02. The van der Waals surface area contributed by atoms with Gasteiger partial charge in [0.1, 0.15) is 17.7 Å². The number of carbonyl (C=O) groups excluding carboxylic acids is 2. The SMILES string of the molecule is CC(C)(C)NC(=O)OC1CCCCC1n1cnc(C(=O)N2CCN(Cc3ccccc3)C[C@@H]2Cc2cc(F)cc(F)c2)c1-c1ccccc1. The van der Waals surface area contributed by atoms with Gasteiger partial charge in [0, 0.05) is 49.4 Å². The van der Waals surface area contributed by atoms with Gasteiger partial charge in [-0.2, -0.15) is 0 Å².